The second-order valence-electron chi connectivity index (χ2n) is 6.27. The summed E-state index contributed by atoms with van der Waals surface area (Å²) in [6.45, 7) is 1.86. The number of H-pyrrole nitrogens is 1. The summed E-state index contributed by atoms with van der Waals surface area (Å²) < 4.78 is 9.78. The summed E-state index contributed by atoms with van der Waals surface area (Å²) in [5.74, 6) is 0.848. The highest BCUT2D eigenvalue weighted by Crippen LogP contribution is 2.25. The largest absolute Gasteiger partial charge is 0.334 e. The topological polar surface area (TPSA) is 94.0 Å². The molecule has 0 amide bonds. The first-order valence-electron chi connectivity index (χ1n) is 8.45. The van der Waals surface area contributed by atoms with Crippen molar-refractivity contribution in [2.75, 3.05) is 0 Å². The van der Waals surface area contributed by atoms with E-state index < -0.39 is 0 Å². The lowest BCUT2D eigenvalue weighted by atomic mass is 10.2. The molecule has 0 saturated carbocycles. The first kappa shape index (κ1) is 16.7. The Labute approximate surface area is 166 Å². The third-order valence-electron chi connectivity index (χ3n) is 4.46. The first-order chi connectivity index (χ1) is 13.6. The molecule has 0 fully saturated rings. The monoisotopic (exact) mass is 436 g/mol. The number of aryl methyl sites for hydroxylation is 1. The summed E-state index contributed by atoms with van der Waals surface area (Å²) in [6, 6.07) is 11.2. The van der Waals surface area contributed by atoms with Crippen LogP contribution in [0.2, 0.25) is 0 Å². The highest BCUT2D eigenvalue weighted by atomic mass is 79.9. The lowest BCUT2D eigenvalue weighted by molar-refractivity contribution is 0.432. The minimum Gasteiger partial charge on any atom is -0.334 e. The molecule has 9 heteroatoms. The molecule has 4 aromatic heterocycles. The summed E-state index contributed by atoms with van der Waals surface area (Å²) in [6.07, 6.45) is 5.28. The Morgan fingerprint density at radius 3 is 2.89 bits per heavy atom. The van der Waals surface area contributed by atoms with Crippen LogP contribution in [0.3, 0.4) is 0 Å². The Bertz CT molecular complexity index is 1380. The van der Waals surface area contributed by atoms with Gasteiger partial charge in [-0.2, -0.15) is 4.98 Å². The van der Waals surface area contributed by atoms with Gasteiger partial charge < -0.3 is 9.51 Å². The van der Waals surface area contributed by atoms with Gasteiger partial charge in [-0.3, -0.25) is 8.97 Å². The number of fused-ring (bicyclic) bond motifs is 1. The zero-order valence-electron chi connectivity index (χ0n) is 14.6. The summed E-state index contributed by atoms with van der Waals surface area (Å²) in [7, 11) is 0. The number of aromatic nitrogens is 6. The smallest absolute Gasteiger partial charge is 0.330 e. The van der Waals surface area contributed by atoms with Crippen LogP contribution in [0.1, 0.15) is 5.69 Å². The van der Waals surface area contributed by atoms with Crippen LogP contribution in [-0.4, -0.2) is 29.1 Å². The van der Waals surface area contributed by atoms with Crippen molar-refractivity contribution in [3.05, 3.63) is 75.8 Å². The number of pyridine rings is 1. The Kier molecular flexibility index (Phi) is 3.76. The predicted molar refractivity (Wildman–Crippen MR) is 106 cm³/mol. The Balaban J connectivity index is 1.55. The average molecular weight is 437 g/mol. The fourth-order valence-corrected chi connectivity index (χ4v) is 3.48. The lowest BCUT2D eigenvalue weighted by Gasteiger charge is -2.05. The molecule has 0 unspecified atom stereocenters. The minimum atomic E-state index is -0.192. The molecule has 0 aliphatic heterocycles. The van der Waals surface area contributed by atoms with Crippen molar-refractivity contribution in [2.45, 2.75) is 6.92 Å². The number of halogens is 1. The summed E-state index contributed by atoms with van der Waals surface area (Å²) in [4.78, 5) is 23.5. The fraction of sp³-hybridized carbons (Fsp3) is 0.0526. The Hall–Kier alpha value is -3.46. The summed E-state index contributed by atoms with van der Waals surface area (Å²) in [5.41, 5.74) is 3.70. The number of aromatic amines is 1. The van der Waals surface area contributed by atoms with Crippen LogP contribution in [0.25, 0.3) is 34.2 Å². The van der Waals surface area contributed by atoms with Gasteiger partial charge in [-0.1, -0.05) is 17.3 Å². The van der Waals surface area contributed by atoms with E-state index in [9.17, 15) is 4.79 Å². The maximum absolute atomic E-state index is 12.0. The van der Waals surface area contributed by atoms with E-state index >= 15 is 0 Å². The standard InChI is InChI=1S/C19H13BrN6O2/c1-11-8-22-19(27)26(11)14-4-2-3-12(7-14)17-23-18(28-24-17)13-5-6-16-21-9-15(20)25(16)10-13/h2-10H,1H3,(H,22,27). The molecular weight excluding hydrogens is 424 g/mol. The third-order valence-corrected chi connectivity index (χ3v) is 5.04. The van der Waals surface area contributed by atoms with E-state index in [4.69, 9.17) is 4.52 Å². The normalized spacial score (nSPS) is 11.4. The molecule has 1 aromatic carbocycles. The number of imidazole rings is 2. The van der Waals surface area contributed by atoms with Gasteiger partial charge in [-0.05, 0) is 47.1 Å². The van der Waals surface area contributed by atoms with Crippen LogP contribution in [-0.2, 0) is 0 Å². The molecular formula is C19H13BrN6O2. The number of hydrogen-bond acceptors (Lipinski definition) is 5. The number of rotatable bonds is 3. The van der Waals surface area contributed by atoms with Gasteiger partial charge in [0.25, 0.3) is 5.89 Å². The van der Waals surface area contributed by atoms with E-state index in [1.807, 2.05) is 53.9 Å². The van der Waals surface area contributed by atoms with Crippen LogP contribution in [0.5, 0.6) is 0 Å². The number of hydrogen-bond donors (Lipinski definition) is 1. The zero-order chi connectivity index (χ0) is 19.3. The second-order valence-corrected chi connectivity index (χ2v) is 7.08. The van der Waals surface area contributed by atoms with Gasteiger partial charge in [-0.15, -0.1) is 0 Å². The van der Waals surface area contributed by atoms with E-state index in [2.05, 4.69) is 36.0 Å². The van der Waals surface area contributed by atoms with Crippen molar-refractivity contribution in [2.24, 2.45) is 0 Å². The van der Waals surface area contributed by atoms with Gasteiger partial charge in [0.05, 0.1) is 17.4 Å². The van der Waals surface area contributed by atoms with Crippen LogP contribution in [0.15, 0.2) is 68.9 Å². The van der Waals surface area contributed by atoms with Gasteiger partial charge in [0.2, 0.25) is 5.82 Å². The van der Waals surface area contributed by atoms with Gasteiger partial charge in [0.15, 0.2) is 0 Å². The molecule has 0 aliphatic carbocycles. The van der Waals surface area contributed by atoms with E-state index in [0.29, 0.717) is 11.7 Å². The van der Waals surface area contributed by atoms with E-state index in [1.165, 1.54) is 0 Å². The van der Waals surface area contributed by atoms with Crippen molar-refractivity contribution < 1.29 is 4.52 Å². The minimum absolute atomic E-state index is 0.192. The molecule has 8 nitrogen and oxygen atoms in total. The highest BCUT2D eigenvalue weighted by Gasteiger charge is 2.14. The number of nitrogens with one attached hydrogen (secondary N) is 1. The van der Waals surface area contributed by atoms with Crippen molar-refractivity contribution in [3.63, 3.8) is 0 Å². The summed E-state index contributed by atoms with van der Waals surface area (Å²) >= 11 is 3.46. The lowest BCUT2D eigenvalue weighted by Crippen LogP contribution is -2.15. The van der Waals surface area contributed by atoms with Crippen molar-refractivity contribution in [1.82, 2.24) is 29.1 Å². The molecule has 0 radical (unpaired) electrons. The van der Waals surface area contributed by atoms with Crippen LogP contribution in [0.4, 0.5) is 0 Å². The zero-order valence-corrected chi connectivity index (χ0v) is 16.2. The molecule has 5 rings (SSSR count). The van der Waals surface area contributed by atoms with Gasteiger partial charge in [0.1, 0.15) is 10.3 Å². The maximum Gasteiger partial charge on any atom is 0.330 e. The summed E-state index contributed by atoms with van der Waals surface area (Å²) in [5, 5.41) is 4.10. The molecule has 28 heavy (non-hydrogen) atoms. The molecule has 0 saturated heterocycles. The van der Waals surface area contributed by atoms with Gasteiger partial charge in [-0.25, -0.2) is 9.78 Å². The Morgan fingerprint density at radius 1 is 1.18 bits per heavy atom. The first-order valence-corrected chi connectivity index (χ1v) is 9.24. The van der Waals surface area contributed by atoms with E-state index in [-0.39, 0.29) is 5.69 Å². The SMILES string of the molecule is Cc1c[nH]c(=O)n1-c1cccc(-c2noc(-c3ccc4ncc(Br)n4c3)n2)c1. The molecule has 0 spiro atoms. The van der Waals surface area contributed by atoms with Gasteiger partial charge in [0, 0.05) is 23.7 Å². The van der Waals surface area contributed by atoms with Crippen molar-refractivity contribution >= 4 is 21.6 Å². The van der Waals surface area contributed by atoms with Crippen molar-refractivity contribution in [1.29, 1.82) is 0 Å². The van der Waals surface area contributed by atoms with E-state index in [1.54, 1.807) is 17.0 Å². The van der Waals surface area contributed by atoms with Crippen LogP contribution >= 0.6 is 15.9 Å². The molecule has 138 valence electrons. The molecule has 0 atom stereocenters. The van der Waals surface area contributed by atoms with Crippen molar-refractivity contribution in [3.8, 4) is 28.5 Å². The average Bonchev–Trinajstić information content (AvgIpc) is 3.42. The van der Waals surface area contributed by atoms with Gasteiger partial charge >= 0.3 is 5.69 Å². The second kappa shape index (κ2) is 6.31. The number of nitrogens with zero attached hydrogens (tertiary/aromatic N) is 5. The van der Waals surface area contributed by atoms with Crippen LogP contribution < -0.4 is 5.69 Å². The maximum atomic E-state index is 12.0. The molecule has 4 heterocycles. The fourth-order valence-electron chi connectivity index (χ4n) is 3.10. The Morgan fingerprint density at radius 2 is 2.07 bits per heavy atom. The predicted octanol–water partition coefficient (Wildman–Crippen LogP) is 3.60. The molecule has 5 aromatic rings. The number of benzene rings is 1. The molecule has 0 aliphatic rings. The quantitative estimate of drug-likeness (QED) is 0.466. The molecule has 1 N–H and O–H groups in total. The van der Waals surface area contributed by atoms with E-state index in [0.717, 1.165) is 32.8 Å². The highest BCUT2D eigenvalue weighted by molar-refractivity contribution is 9.10. The molecule has 0 bridgehead atoms. The van der Waals surface area contributed by atoms with Crippen LogP contribution in [0, 0.1) is 6.92 Å². The third kappa shape index (κ3) is 2.67.